The monoisotopic (exact) mass is 184 g/mol. The normalized spacial score (nSPS) is 48.0. The van der Waals surface area contributed by atoms with Crippen molar-refractivity contribution in [2.24, 2.45) is 17.3 Å². The van der Waals surface area contributed by atoms with Crippen molar-refractivity contribution in [2.75, 3.05) is 13.2 Å². The van der Waals surface area contributed by atoms with Gasteiger partial charge in [0.15, 0.2) is 0 Å². The van der Waals surface area contributed by atoms with Gasteiger partial charge in [-0.05, 0) is 24.2 Å². The summed E-state index contributed by atoms with van der Waals surface area (Å²) in [5.74, 6) is 1.03. The highest BCUT2D eigenvalue weighted by molar-refractivity contribution is 5.07. The van der Waals surface area contributed by atoms with Crippen LogP contribution in [0.4, 0.5) is 0 Å². The number of ether oxygens (including phenoxy) is 1. The molecule has 3 atom stereocenters. The van der Waals surface area contributed by atoms with Gasteiger partial charge in [-0.1, -0.05) is 20.8 Å². The van der Waals surface area contributed by atoms with E-state index in [4.69, 9.17) is 4.74 Å². The van der Waals surface area contributed by atoms with Crippen LogP contribution in [0.2, 0.25) is 0 Å². The Labute approximate surface area is 80.3 Å². The first-order valence-corrected chi connectivity index (χ1v) is 5.28. The molecule has 2 rings (SSSR count). The molecule has 76 valence electrons. The van der Waals surface area contributed by atoms with E-state index >= 15 is 0 Å². The molecule has 0 amide bonds. The van der Waals surface area contributed by atoms with E-state index in [0.717, 1.165) is 13.0 Å². The van der Waals surface area contributed by atoms with Crippen molar-refractivity contribution in [2.45, 2.75) is 39.2 Å². The third-order valence-corrected chi connectivity index (χ3v) is 4.50. The quantitative estimate of drug-likeness (QED) is 0.630. The van der Waals surface area contributed by atoms with Crippen LogP contribution in [-0.4, -0.2) is 23.9 Å². The first-order valence-electron chi connectivity index (χ1n) is 5.28. The predicted molar refractivity (Wildman–Crippen MR) is 51.4 cm³/mol. The van der Waals surface area contributed by atoms with Gasteiger partial charge in [-0.3, -0.25) is 0 Å². The molecular formula is C11H20O2. The van der Waals surface area contributed by atoms with Crippen molar-refractivity contribution in [1.82, 2.24) is 0 Å². The van der Waals surface area contributed by atoms with Crippen LogP contribution in [0.5, 0.6) is 0 Å². The number of hydrogen-bond donors (Lipinski definition) is 1. The fraction of sp³-hybridized carbons (Fsp3) is 1.00. The van der Waals surface area contributed by atoms with Gasteiger partial charge in [0.05, 0.1) is 12.2 Å². The molecule has 0 bridgehead atoms. The molecule has 0 aromatic carbocycles. The second kappa shape index (κ2) is 2.71. The highest BCUT2D eigenvalue weighted by Crippen LogP contribution is 2.56. The predicted octanol–water partition coefficient (Wildman–Crippen LogP) is 1.82. The summed E-state index contributed by atoms with van der Waals surface area (Å²) in [6.45, 7) is 7.96. The van der Waals surface area contributed by atoms with E-state index in [2.05, 4.69) is 20.8 Å². The van der Waals surface area contributed by atoms with Gasteiger partial charge in [0, 0.05) is 12.5 Å². The Morgan fingerprint density at radius 3 is 2.54 bits per heavy atom. The minimum Gasteiger partial charge on any atom is -0.396 e. The van der Waals surface area contributed by atoms with E-state index in [0.29, 0.717) is 11.8 Å². The molecule has 1 saturated carbocycles. The smallest absolute Gasteiger partial charge is 0.0971 e. The molecule has 2 nitrogen and oxygen atoms in total. The van der Waals surface area contributed by atoms with E-state index in [-0.39, 0.29) is 17.6 Å². The van der Waals surface area contributed by atoms with E-state index < -0.39 is 0 Å². The zero-order valence-corrected chi connectivity index (χ0v) is 8.84. The molecule has 1 aliphatic heterocycles. The Kier molecular flexibility index (Phi) is 1.97. The minimum atomic E-state index is 0.0603. The third-order valence-electron chi connectivity index (χ3n) is 4.50. The van der Waals surface area contributed by atoms with Crippen molar-refractivity contribution >= 4 is 0 Å². The van der Waals surface area contributed by atoms with Crippen LogP contribution in [0.15, 0.2) is 0 Å². The zero-order valence-electron chi connectivity index (χ0n) is 8.84. The molecule has 1 N–H and O–H groups in total. The molecular weight excluding hydrogens is 164 g/mol. The highest BCUT2D eigenvalue weighted by atomic mass is 16.6. The molecule has 1 aliphatic carbocycles. The Morgan fingerprint density at radius 2 is 2.08 bits per heavy atom. The summed E-state index contributed by atoms with van der Waals surface area (Å²) in [4.78, 5) is 0. The second-order valence-corrected chi connectivity index (χ2v) is 5.35. The number of epoxide rings is 1. The number of aliphatic hydroxyl groups is 1. The highest BCUT2D eigenvalue weighted by Gasteiger charge is 2.59. The van der Waals surface area contributed by atoms with Gasteiger partial charge in [0.2, 0.25) is 0 Å². The molecule has 0 radical (unpaired) electrons. The average molecular weight is 184 g/mol. The van der Waals surface area contributed by atoms with Crippen LogP contribution < -0.4 is 0 Å². The van der Waals surface area contributed by atoms with Crippen LogP contribution in [0.25, 0.3) is 0 Å². The molecule has 1 spiro atoms. The molecule has 2 fully saturated rings. The summed E-state index contributed by atoms with van der Waals surface area (Å²) in [5, 5.41) is 9.44. The zero-order chi connectivity index (χ0) is 9.69. The van der Waals surface area contributed by atoms with E-state index in [1.165, 1.54) is 6.42 Å². The van der Waals surface area contributed by atoms with Gasteiger partial charge < -0.3 is 9.84 Å². The lowest BCUT2D eigenvalue weighted by atomic mass is 9.59. The summed E-state index contributed by atoms with van der Waals surface area (Å²) in [7, 11) is 0. The van der Waals surface area contributed by atoms with Crippen molar-refractivity contribution in [3.8, 4) is 0 Å². The van der Waals surface area contributed by atoms with Gasteiger partial charge in [-0.25, -0.2) is 0 Å². The van der Waals surface area contributed by atoms with Crippen LogP contribution in [0.3, 0.4) is 0 Å². The molecule has 0 aromatic heterocycles. The molecule has 0 unspecified atom stereocenters. The third kappa shape index (κ3) is 1.23. The van der Waals surface area contributed by atoms with E-state index in [1.807, 2.05) is 0 Å². The molecule has 1 saturated heterocycles. The molecule has 2 heteroatoms. The lowest BCUT2D eigenvalue weighted by Gasteiger charge is -2.46. The van der Waals surface area contributed by atoms with Crippen molar-refractivity contribution in [1.29, 1.82) is 0 Å². The van der Waals surface area contributed by atoms with Crippen LogP contribution >= 0.6 is 0 Å². The topological polar surface area (TPSA) is 32.8 Å². The maximum Gasteiger partial charge on any atom is 0.0971 e. The van der Waals surface area contributed by atoms with Gasteiger partial charge in [0.1, 0.15) is 0 Å². The van der Waals surface area contributed by atoms with Crippen LogP contribution in [-0.2, 0) is 4.74 Å². The summed E-state index contributed by atoms with van der Waals surface area (Å²) >= 11 is 0. The minimum absolute atomic E-state index is 0.0603. The van der Waals surface area contributed by atoms with E-state index in [1.54, 1.807) is 0 Å². The van der Waals surface area contributed by atoms with Gasteiger partial charge >= 0.3 is 0 Å². The second-order valence-electron chi connectivity index (χ2n) is 5.35. The lowest BCUT2D eigenvalue weighted by molar-refractivity contribution is -0.0318. The number of rotatable bonds is 1. The van der Waals surface area contributed by atoms with Crippen LogP contribution in [0, 0.1) is 17.3 Å². The van der Waals surface area contributed by atoms with E-state index in [9.17, 15) is 5.11 Å². The van der Waals surface area contributed by atoms with Gasteiger partial charge in [-0.2, -0.15) is 0 Å². The number of hydrogen-bond acceptors (Lipinski definition) is 2. The SMILES string of the molecule is C[C@H]1CC[C@@]2(CO2)[C@@H](CO)C1(C)C. The Morgan fingerprint density at radius 1 is 1.46 bits per heavy atom. The molecule has 2 aliphatic rings. The summed E-state index contributed by atoms with van der Waals surface area (Å²) in [5.41, 5.74) is 0.286. The first-order chi connectivity index (χ1) is 6.03. The maximum atomic E-state index is 9.44. The fourth-order valence-corrected chi connectivity index (χ4v) is 2.87. The standard InChI is InChI=1S/C11H20O2/c1-8-4-5-11(7-13-11)9(6-12)10(8,2)3/h8-9,12H,4-7H2,1-3H3/t8-,9-,11+/m0/s1. The maximum absolute atomic E-state index is 9.44. The summed E-state index contributed by atoms with van der Waals surface area (Å²) in [6.07, 6.45) is 2.38. The molecule has 13 heavy (non-hydrogen) atoms. The number of aliphatic hydroxyl groups excluding tert-OH is 1. The lowest BCUT2D eigenvalue weighted by Crippen LogP contribution is -2.47. The van der Waals surface area contributed by atoms with Gasteiger partial charge in [0.25, 0.3) is 0 Å². The first kappa shape index (κ1) is 9.47. The van der Waals surface area contributed by atoms with Crippen LogP contribution in [0.1, 0.15) is 33.6 Å². The Bertz CT molecular complexity index is 206. The molecule has 0 aromatic rings. The summed E-state index contributed by atoms with van der Waals surface area (Å²) < 4.78 is 5.56. The van der Waals surface area contributed by atoms with Crippen molar-refractivity contribution in [3.63, 3.8) is 0 Å². The Hall–Kier alpha value is -0.0800. The molecule has 1 heterocycles. The fourth-order valence-electron chi connectivity index (χ4n) is 2.87. The van der Waals surface area contributed by atoms with Gasteiger partial charge in [-0.15, -0.1) is 0 Å². The van der Waals surface area contributed by atoms with Crippen molar-refractivity contribution in [3.05, 3.63) is 0 Å². The largest absolute Gasteiger partial charge is 0.396 e. The summed E-state index contributed by atoms with van der Waals surface area (Å²) in [6, 6.07) is 0. The van der Waals surface area contributed by atoms with Crippen molar-refractivity contribution < 1.29 is 9.84 Å². The Balaban J connectivity index is 2.22. The average Bonchev–Trinajstić information content (AvgIpc) is 2.80.